The van der Waals surface area contributed by atoms with Crippen LogP contribution in [0.4, 0.5) is 0 Å². The average Bonchev–Trinajstić information content (AvgIpc) is 2.74. The van der Waals surface area contributed by atoms with Crippen LogP contribution in [0, 0.1) is 5.92 Å². The Hall–Kier alpha value is -0.620. The fourth-order valence-corrected chi connectivity index (χ4v) is 3.77. The number of benzene rings is 1. The fourth-order valence-electron chi connectivity index (χ4n) is 3.21. The third-order valence-corrected chi connectivity index (χ3v) is 5.52. The normalized spacial score (nSPS) is 20.5. The summed E-state index contributed by atoms with van der Waals surface area (Å²) in [7, 11) is 1.87. The van der Waals surface area contributed by atoms with Crippen molar-refractivity contribution < 1.29 is 4.79 Å². The van der Waals surface area contributed by atoms with Crippen LogP contribution in [0.5, 0.6) is 0 Å². The molecule has 0 unspecified atom stereocenters. The van der Waals surface area contributed by atoms with Crippen LogP contribution in [0.15, 0.2) is 18.2 Å². The van der Waals surface area contributed by atoms with Gasteiger partial charge in [0.1, 0.15) is 0 Å². The predicted molar refractivity (Wildman–Crippen MR) is 88.9 cm³/mol. The highest BCUT2D eigenvalue weighted by Gasteiger charge is 2.24. The van der Waals surface area contributed by atoms with Crippen molar-refractivity contribution in [2.75, 3.05) is 20.1 Å². The lowest BCUT2D eigenvalue weighted by molar-refractivity contribution is 0.0816. The number of nitrogens with zero attached hydrogens (tertiary/aromatic N) is 2. The van der Waals surface area contributed by atoms with E-state index in [2.05, 4.69) is 44.2 Å². The smallest absolute Gasteiger partial charge is 0.254 e. The summed E-state index contributed by atoms with van der Waals surface area (Å²) in [5.74, 6) is 1.03. The van der Waals surface area contributed by atoms with E-state index in [-0.39, 0.29) is 5.91 Å². The van der Waals surface area contributed by atoms with E-state index in [1.54, 1.807) is 4.90 Å². The van der Waals surface area contributed by atoms with Crippen molar-refractivity contribution in [3.05, 3.63) is 34.9 Å². The number of piperidine rings is 1. The molecule has 2 aliphatic heterocycles. The van der Waals surface area contributed by atoms with E-state index in [1.165, 1.54) is 43.5 Å². The molecule has 4 heteroatoms. The summed E-state index contributed by atoms with van der Waals surface area (Å²) >= 11 is 2.42. The van der Waals surface area contributed by atoms with E-state index in [9.17, 15) is 4.79 Å². The number of rotatable bonds is 3. The van der Waals surface area contributed by atoms with Gasteiger partial charge in [0.25, 0.3) is 5.91 Å². The molecule has 2 aliphatic rings. The third kappa shape index (κ3) is 3.01. The molecule has 0 N–H and O–H groups in total. The number of carbonyl (C=O) groups excluding carboxylic acids is 1. The second-order valence-corrected chi connectivity index (χ2v) is 7.41. The van der Waals surface area contributed by atoms with Crippen molar-refractivity contribution in [1.82, 2.24) is 8.01 Å². The quantitative estimate of drug-likeness (QED) is 0.590. The number of fused-ring (bicyclic) bond motifs is 1. The Labute approximate surface area is 134 Å². The molecule has 0 spiro atoms. The number of amides is 1. The van der Waals surface area contributed by atoms with E-state index in [0.29, 0.717) is 0 Å². The Bertz CT molecular complexity index is 509. The molecule has 0 bridgehead atoms. The molecule has 2 heterocycles. The molecule has 20 heavy (non-hydrogen) atoms. The summed E-state index contributed by atoms with van der Waals surface area (Å²) in [6.07, 6.45) is 4.99. The van der Waals surface area contributed by atoms with Gasteiger partial charge in [-0.25, -0.2) is 3.11 Å². The Morgan fingerprint density at radius 3 is 2.80 bits per heavy atom. The molecule has 0 atom stereocenters. The Balaban J connectivity index is 1.60. The first-order chi connectivity index (χ1) is 9.63. The van der Waals surface area contributed by atoms with Crippen molar-refractivity contribution in [3.63, 3.8) is 0 Å². The minimum atomic E-state index is 0.181. The molecule has 1 saturated heterocycles. The molecular formula is C16H21IN2O. The first-order valence-electron chi connectivity index (χ1n) is 7.41. The first kappa shape index (κ1) is 14.3. The van der Waals surface area contributed by atoms with Gasteiger partial charge in [0.15, 0.2) is 0 Å². The van der Waals surface area contributed by atoms with Crippen LogP contribution in [-0.4, -0.2) is 34.1 Å². The Kier molecular flexibility index (Phi) is 4.31. The molecule has 108 valence electrons. The van der Waals surface area contributed by atoms with Crippen LogP contribution in [0.1, 0.15) is 40.7 Å². The van der Waals surface area contributed by atoms with Gasteiger partial charge in [-0.3, -0.25) is 4.79 Å². The summed E-state index contributed by atoms with van der Waals surface area (Å²) in [5, 5.41) is 0. The van der Waals surface area contributed by atoms with Gasteiger partial charge in [-0.05, 0) is 48.8 Å². The van der Waals surface area contributed by atoms with E-state index < -0.39 is 0 Å². The Morgan fingerprint density at radius 2 is 2.05 bits per heavy atom. The largest absolute Gasteiger partial charge is 0.337 e. The zero-order valence-electron chi connectivity index (χ0n) is 11.9. The number of carbonyl (C=O) groups is 1. The number of hydrogen-bond donors (Lipinski definition) is 0. The van der Waals surface area contributed by atoms with Gasteiger partial charge in [0, 0.05) is 55.1 Å². The maximum atomic E-state index is 12.0. The molecule has 1 fully saturated rings. The lowest BCUT2D eigenvalue weighted by Gasteiger charge is -2.27. The highest BCUT2D eigenvalue weighted by atomic mass is 127. The summed E-state index contributed by atoms with van der Waals surface area (Å²) in [6, 6.07) is 6.47. The minimum absolute atomic E-state index is 0.181. The molecule has 3 rings (SSSR count). The molecule has 0 radical (unpaired) electrons. The van der Waals surface area contributed by atoms with Crippen molar-refractivity contribution >= 4 is 28.8 Å². The summed E-state index contributed by atoms with van der Waals surface area (Å²) in [4.78, 5) is 13.8. The van der Waals surface area contributed by atoms with Crippen LogP contribution in [0.3, 0.4) is 0 Å². The fraction of sp³-hybridized carbons (Fsp3) is 0.562. The standard InChI is InChI=1S/C16H21IN2O/c1-18-11-14-5-4-13(10-15(14)16(18)20)3-2-12-6-8-19(17)9-7-12/h4-5,10,12H,2-3,6-9,11H2,1H3. The van der Waals surface area contributed by atoms with E-state index in [0.717, 1.165) is 24.4 Å². The Morgan fingerprint density at radius 1 is 1.30 bits per heavy atom. The summed E-state index contributed by atoms with van der Waals surface area (Å²) in [6.45, 7) is 3.21. The second-order valence-electron chi connectivity index (χ2n) is 6.04. The highest BCUT2D eigenvalue weighted by molar-refractivity contribution is 14.1. The highest BCUT2D eigenvalue weighted by Crippen LogP contribution is 2.26. The van der Waals surface area contributed by atoms with Gasteiger partial charge in [-0.2, -0.15) is 0 Å². The van der Waals surface area contributed by atoms with Crippen molar-refractivity contribution in [2.45, 2.75) is 32.2 Å². The van der Waals surface area contributed by atoms with Crippen molar-refractivity contribution in [3.8, 4) is 0 Å². The van der Waals surface area contributed by atoms with Gasteiger partial charge in [0.05, 0.1) is 0 Å². The number of halogens is 1. The van der Waals surface area contributed by atoms with Gasteiger partial charge in [0.2, 0.25) is 0 Å². The summed E-state index contributed by atoms with van der Waals surface area (Å²) < 4.78 is 2.39. The van der Waals surface area contributed by atoms with E-state index >= 15 is 0 Å². The molecule has 1 aromatic carbocycles. The van der Waals surface area contributed by atoms with E-state index in [4.69, 9.17) is 0 Å². The zero-order chi connectivity index (χ0) is 14.1. The van der Waals surface area contributed by atoms with Gasteiger partial charge < -0.3 is 4.90 Å². The topological polar surface area (TPSA) is 23.6 Å². The van der Waals surface area contributed by atoms with E-state index in [1.807, 2.05) is 7.05 Å². The third-order valence-electron chi connectivity index (χ3n) is 4.56. The predicted octanol–water partition coefficient (Wildman–Crippen LogP) is 3.27. The maximum Gasteiger partial charge on any atom is 0.254 e. The molecule has 3 nitrogen and oxygen atoms in total. The monoisotopic (exact) mass is 384 g/mol. The average molecular weight is 384 g/mol. The van der Waals surface area contributed by atoms with Crippen LogP contribution in [-0.2, 0) is 13.0 Å². The van der Waals surface area contributed by atoms with Gasteiger partial charge >= 0.3 is 0 Å². The first-order valence-corrected chi connectivity index (χ1v) is 8.38. The zero-order valence-corrected chi connectivity index (χ0v) is 14.1. The molecule has 0 aromatic heterocycles. The molecule has 1 amide bonds. The van der Waals surface area contributed by atoms with Crippen molar-refractivity contribution in [2.24, 2.45) is 5.92 Å². The SMILES string of the molecule is CN1Cc2ccc(CCC3CCN(I)CC3)cc2C1=O. The summed E-state index contributed by atoms with van der Waals surface area (Å²) in [5.41, 5.74) is 3.43. The molecular weight excluding hydrogens is 363 g/mol. The lowest BCUT2D eigenvalue weighted by Crippen LogP contribution is -2.26. The van der Waals surface area contributed by atoms with Crippen LogP contribution in [0.2, 0.25) is 0 Å². The van der Waals surface area contributed by atoms with Gasteiger partial charge in [-0.15, -0.1) is 0 Å². The number of hydrogen-bond acceptors (Lipinski definition) is 2. The molecule has 0 aliphatic carbocycles. The van der Waals surface area contributed by atoms with Crippen LogP contribution >= 0.6 is 22.9 Å². The molecule has 1 aromatic rings. The second kappa shape index (κ2) is 6.02. The van der Waals surface area contributed by atoms with Gasteiger partial charge in [-0.1, -0.05) is 12.1 Å². The lowest BCUT2D eigenvalue weighted by atomic mass is 9.91. The van der Waals surface area contributed by atoms with Crippen molar-refractivity contribution in [1.29, 1.82) is 0 Å². The van der Waals surface area contributed by atoms with Crippen LogP contribution < -0.4 is 0 Å². The molecule has 0 saturated carbocycles. The minimum Gasteiger partial charge on any atom is -0.337 e. The maximum absolute atomic E-state index is 12.0. The number of aryl methyl sites for hydroxylation is 1. The van der Waals surface area contributed by atoms with Crippen LogP contribution in [0.25, 0.3) is 0 Å².